The van der Waals surface area contributed by atoms with Gasteiger partial charge in [-0.05, 0) is 10.8 Å². The van der Waals surface area contributed by atoms with E-state index in [0.29, 0.717) is 12.2 Å². The van der Waals surface area contributed by atoms with Crippen molar-refractivity contribution in [2.24, 2.45) is 16.7 Å². The van der Waals surface area contributed by atoms with E-state index in [2.05, 4.69) is 58.8 Å². The summed E-state index contributed by atoms with van der Waals surface area (Å²) in [5, 5.41) is 3.06. The fourth-order valence-electron chi connectivity index (χ4n) is 2.99. The van der Waals surface area contributed by atoms with E-state index in [9.17, 15) is 4.79 Å². The summed E-state index contributed by atoms with van der Waals surface area (Å²) in [5.41, 5.74) is 1.42. The van der Waals surface area contributed by atoms with E-state index in [0.717, 1.165) is 10.7 Å². The lowest BCUT2D eigenvalue weighted by Gasteiger charge is -2.14. The van der Waals surface area contributed by atoms with E-state index in [4.69, 9.17) is 0 Å². The minimum atomic E-state index is 0.0654. The van der Waals surface area contributed by atoms with Gasteiger partial charge in [-0.3, -0.25) is 4.79 Å². The standard InChI is InChI=1S/C16H25NOS/c1-14(2,3)11-9-19-12(17-11)8-10(18)13-15(4,5)16(13,6)7/h9,13H,8H2,1-7H3. The number of hydrogen-bond donors (Lipinski definition) is 0. The van der Waals surface area contributed by atoms with Crippen LogP contribution in [0.1, 0.15) is 59.2 Å². The zero-order valence-corrected chi connectivity index (χ0v) is 13.9. The molecule has 0 bridgehead atoms. The molecule has 0 amide bonds. The Kier molecular flexibility index (Phi) is 3.21. The number of Topliss-reactive ketones (excluding diaryl/α,β-unsaturated/α-hetero) is 1. The molecule has 3 heteroatoms. The van der Waals surface area contributed by atoms with E-state index >= 15 is 0 Å². The quantitative estimate of drug-likeness (QED) is 0.828. The maximum atomic E-state index is 12.4. The van der Waals surface area contributed by atoms with Crippen molar-refractivity contribution in [1.82, 2.24) is 4.98 Å². The number of carbonyl (C=O) groups excluding carboxylic acids is 1. The molecule has 0 aliphatic heterocycles. The Balaban J connectivity index is 2.08. The smallest absolute Gasteiger partial charge is 0.143 e. The number of carbonyl (C=O) groups is 1. The van der Waals surface area contributed by atoms with Crippen molar-refractivity contribution >= 4 is 17.1 Å². The topological polar surface area (TPSA) is 30.0 Å². The molecule has 1 aliphatic rings. The first-order chi connectivity index (χ1) is 8.48. The highest BCUT2D eigenvalue weighted by molar-refractivity contribution is 7.09. The Morgan fingerprint density at radius 1 is 1.26 bits per heavy atom. The van der Waals surface area contributed by atoms with E-state index in [1.165, 1.54) is 0 Å². The first-order valence-corrected chi connectivity index (χ1v) is 7.83. The maximum absolute atomic E-state index is 12.4. The molecular weight excluding hydrogens is 254 g/mol. The van der Waals surface area contributed by atoms with Gasteiger partial charge in [-0.2, -0.15) is 0 Å². The molecule has 0 aromatic carbocycles. The minimum absolute atomic E-state index is 0.0654. The summed E-state index contributed by atoms with van der Waals surface area (Å²) >= 11 is 1.62. The predicted octanol–water partition coefficient (Wildman–Crippen LogP) is 4.23. The van der Waals surface area contributed by atoms with Gasteiger partial charge in [0.15, 0.2) is 0 Å². The molecule has 1 aromatic heterocycles. The number of ketones is 1. The molecule has 2 rings (SSSR count). The highest BCUT2D eigenvalue weighted by Gasteiger charge is 2.67. The third-order valence-electron chi connectivity index (χ3n) is 4.99. The van der Waals surface area contributed by atoms with Gasteiger partial charge >= 0.3 is 0 Å². The number of rotatable bonds is 3. The largest absolute Gasteiger partial charge is 0.299 e. The van der Waals surface area contributed by atoms with Crippen LogP contribution in [0.5, 0.6) is 0 Å². The highest BCUT2D eigenvalue weighted by Crippen LogP contribution is 2.68. The van der Waals surface area contributed by atoms with Crippen LogP contribution in [-0.2, 0) is 16.6 Å². The molecule has 2 nitrogen and oxygen atoms in total. The average Bonchev–Trinajstić information content (AvgIpc) is 2.60. The van der Waals surface area contributed by atoms with Gasteiger partial charge in [-0.1, -0.05) is 48.5 Å². The minimum Gasteiger partial charge on any atom is -0.299 e. The number of nitrogens with zero attached hydrogens (tertiary/aromatic N) is 1. The zero-order valence-electron chi connectivity index (χ0n) is 13.1. The predicted molar refractivity (Wildman–Crippen MR) is 80.6 cm³/mol. The summed E-state index contributed by atoms with van der Waals surface area (Å²) < 4.78 is 0. The van der Waals surface area contributed by atoms with E-state index in [-0.39, 0.29) is 22.2 Å². The lowest BCUT2D eigenvalue weighted by molar-refractivity contribution is -0.120. The summed E-state index contributed by atoms with van der Waals surface area (Å²) in [7, 11) is 0. The lowest BCUT2D eigenvalue weighted by atomic mass is 9.93. The van der Waals surface area contributed by atoms with Crippen molar-refractivity contribution in [2.75, 3.05) is 0 Å². The normalized spacial score (nSPS) is 21.4. The molecule has 0 atom stereocenters. The van der Waals surface area contributed by atoms with Crippen LogP contribution in [0.3, 0.4) is 0 Å². The molecule has 106 valence electrons. The molecule has 0 spiro atoms. The summed E-state index contributed by atoms with van der Waals surface area (Å²) in [6, 6.07) is 0. The first-order valence-electron chi connectivity index (χ1n) is 6.95. The Hall–Kier alpha value is -0.700. The monoisotopic (exact) mass is 279 g/mol. The van der Waals surface area contributed by atoms with E-state index < -0.39 is 0 Å². The molecule has 0 unspecified atom stereocenters. The van der Waals surface area contributed by atoms with Crippen molar-refractivity contribution in [1.29, 1.82) is 0 Å². The lowest BCUT2D eigenvalue weighted by Crippen LogP contribution is -2.13. The fourth-order valence-corrected chi connectivity index (χ4v) is 4.02. The maximum Gasteiger partial charge on any atom is 0.143 e. The average molecular weight is 279 g/mol. The van der Waals surface area contributed by atoms with Gasteiger partial charge in [-0.15, -0.1) is 11.3 Å². The first kappa shape index (κ1) is 14.7. The van der Waals surface area contributed by atoms with Crippen molar-refractivity contribution in [3.8, 4) is 0 Å². The molecule has 0 N–H and O–H groups in total. The molecule has 1 fully saturated rings. The second-order valence-electron chi connectivity index (χ2n) is 7.90. The third kappa shape index (κ3) is 2.37. The molecule has 1 saturated carbocycles. The van der Waals surface area contributed by atoms with Crippen LogP contribution in [0.25, 0.3) is 0 Å². The fraction of sp³-hybridized carbons (Fsp3) is 0.750. The van der Waals surface area contributed by atoms with Gasteiger partial charge in [0.05, 0.1) is 12.1 Å². The summed E-state index contributed by atoms with van der Waals surface area (Å²) in [5.74, 6) is 0.534. The second kappa shape index (κ2) is 4.15. The Morgan fingerprint density at radius 3 is 2.16 bits per heavy atom. The molecular formula is C16H25NOS. The number of hydrogen-bond acceptors (Lipinski definition) is 3. The van der Waals surface area contributed by atoms with Gasteiger partial charge in [0.25, 0.3) is 0 Å². The van der Waals surface area contributed by atoms with Crippen molar-refractivity contribution in [3.63, 3.8) is 0 Å². The van der Waals surface area contributed by atoms with Gasteiger partial charge in [0.1, 0.15) is 10.8 Å². The molecule has 1 heterocycles. The van der Waals surface area contributed by atoms with Crippen molar-refractivity contribution < 1.29 is 4.79 Å². The Bertz CT molecular complexity index is 491. The SMILES string of the molecule is CC(C)(C)c1csc(CC(=O)C2C(C)(C)C2(C)C)n1. The molecule has 0 radical (unpaired) electrons. The van der Waals surface area contributed by atoms with Gasteiger partial charge in [0.2, 0.25) is 0 Å². The van der Waals surface area contributed by atoms with Crippen LogP contribution in [0, 0.1) is 16.7 Å². The van der Waals surface area contributed by atoms with E-state index in [1.54, 1.807) is 11.3 Å². The van der Waals surface area contributed by atoms with Crippen LogP contribution >= 0.6 is 11.3 Å². The molecule has 1 aromatic rings. The molecule has 19 heavy (non-hydrogen) atoms. The summed E-state index contributed by atoms with van der Waals surface area (Å²) in [6.07, 6.45) is 0.498. The third-order valence-corrected chi connectivity index (χ3v) is 5.84. The van der Waals surface area contributed by atoms with Crippen molar-refractivity contribution in [3.05, 3.63) is 16.1 Å². The van der Waals surface area contributed by atoms with Crippen LogP contribution in [0.4, 0.5) is 0 Å². The molecule has 1 aliphatic carbocycles. The van der Waals surface area contributed by atoms with Crippen molar-refractivity contribution in [2.45, 2.75) is 60.3 Å². The molecule has 0 saturated heterocycles. The van der Waals surface area contributed by atoms with Gasteiger partial charge in [0, 0.05) is 16.7 Å². The van der Waals surface area contributed by atoms with E-state index in [1.807, 2.05) is 0 Å². The Labute approximate surface area is 120 Å². The number of thiazole rings is 1. The van der Waals surface area contributed by atoms with Crippen LogP contribution in [0.2, 0.25) is 0 Å². The Morgan fingerprint density at radius 2 is 1.79 bits per heavy atom. The van der Waals surface area contributed by atoms with Gasteiger partial charge in [-0.25, -0.2) is 4.98 Å². The number of aromatic nitrogens is 1. The van der Waals surface area contributed by atoms with Crippen LogP contribution in [0.15, 0.2) is 5.38 Å². The highest BCUT2D eigenvalue weighted by atomic mass is 32.1. The van der Waals surface area contributed by atoms with Crippen LogP contribution < -0.4 is 0 Å². The van der Waals surface area contributed by atoms with Gasteiger partial charge < -0.3 is 0 Å². The summed E-state index contributed by atoms with van der Waals surface area (Å²) in [4.78, 5) is 17.1. The summed E-state index contributed by atoms with van der Waals surface area (Å²) in [6.45, 7) is 15.2. The van der Waals surface area contributed by atoms with Crippen LogP contribution in [-0.4, -0.2) is 10.8 Å². The zero-order chi connectivity index (χ0) is 14.6. The second-order valence-corrected chi connectivity index (χ2v) is 8.84.